The van der Waals surface area contributed by atoms with Gasteiger partial charge in [0.1, 0.15) is 6.10 Å². The average Bonchev–Trinajstić information content (AvgIpc) is 2.34. The number of nitrogen functional groups attached to an aromatic ring is 2. The molecule has 12 heavy (non-hydrogen) atoms. The Labute approximate surface area is 69.1 Å². The minimum absolute atomic E-state index is 0.0704. The Hall–Kier alpha value is -1.34. The molecule has 68 valence electrons. The van der Waals surface area contributed by atoms with Crippen LogP contribution in [0.1, 0.15) is 18.3 Å². The lowest BCUT2D eigenvalue weighted by molar-refractivity contribution is 0.157. The van der Waals surface area contributed by atoms with Gasteiger partial charge in [-0.25, -0.2) is 4.68 Å². The number of aliphatic hydroxyl groups is 1. The first kappa shape index (κ1) is 8.75. The summed E-state index contributed by atoms with van der Waals surface area (Å²) in [5.74, 6) is 5.70. The fourth-order valence-electron chi connectivity index (χ4n) is 0.830. The number of nitrogens with two attached hydrogens (primary N) is 3. The lowest BCUT2D eigenvalue weighted by atomic mass is 10.2. The second-order valence-corrected chi connectivity index (χ2v) is 2.38. The predicted molar refractivity (Wildman–Crippen MR) is 43.2 cm³/mol. The quantitative estimate of drug-likeness (QED) is 0.388. The predicted octanol–water partition coefficient (Wildman–Crippen LogP) is -2.04. The monoisotopic (exact) mass is 172 g/mol. The van der Waals surface area contributed by atoms with Crippen LogP contribution in [-0.4, -0.2) is 26.5 Å². The highest BCUT2D eigenvalue weighted by Crippen LogP contribution is 2.12. The van der Waals surface area contributed by atoms with Crippen molar-refractivity contribution in [2.24, 2.45) is 5.73 Å². The maximum absolute atomic E-state index is 9.38. The van der Waals surface area contributed by atoms with Gasteiger partial charge < -0.3 is 22.4 Å². The molecule has 0 bridgehead atoms. The largest absolute Gasteiger partial charge is 0.385 e. The molecule has 7 nitrogen and oxygen atoms in total. The standard InChI is InChI=1S/C5H12N6O/c6-2-1-3(12)4-9-10-5(7)11(4)8/h3,12H,1-2,6,8H2,(H2,7,10). The summed E-state index contributed by atoms with van der Waals surface area (Å²) in [4.78, 5) is 0. The third-order valence-electron chi connectivity index (χ3n) is 1.49. The van der Waals surface area contributed by atoms with E-state index in [1.54, 1.807) is 0 Å². The van der Waals surface area contributed by atoms with Gasteiger partial charge in [0.25, 0.3) is 0 Å². The van der Waals surface area contributed by atoms with Gasteiger partial charge in [-0.1, -0.05) is 0 Å². The molecule has 0 spiro atoms. The first-order valence-corrected chi connectivity index (χ1v) is 3.50. The van der Waals surface area contributed by atoms with Gasteiger partial charge in [0.05, 0.1) is 0 Å². The summed E-state index contributed by atoms with van der Waals surface area (Å²) < 4.78 is 1.04. The van der Waals surface area contributed by atoms with Crippen molar-refractivity contribution >= 4 is 5.95 Å². The van der Waals surface area contributed by atoms with Crippen LogP contribution in [0.5, 0.6) is 0 Å². The lowest BCUT2D eigenvalue weighted by Gasteiger charge is -2.06. The number of anilines is 1. The molecule has 0 aromatic carbocycles. The summed E-state index contributed by atoms with van der Waals surface area (Å²) in [6.45, 7) is 0.355. The minimum Gasteiger partial charge on any atom is -0.385 e. The van der Waals surface area contributed by atoms with E-state index in [-0.39, 0.29) is 11.8 Å². The lowest BCUT2D eigenvalue weighted by Crippen LogP contribution is -2.19. The van der Waals surface area contributed by atoms with Crippen molar-refractivity contribution in [3.63, 3.8) is 0 Å². The Morgan fingerprint density at radius 2 is 2.17 bits per heavy atom. The van der Waals surface area contributed by atoms with Gasteiger partial charge in [-0.2, -0.15) is 0 Å². The third-order valence-corrected chi connectivity index (χ3v) is 1.49. The van der Waals surface area contributed by atoms with Crippen LogP contribution in [0.4, 0.5) is 5.95 Å². The molecule has 1 atom stereocenters. The SMILES string of the molecule is NCCC(O)c1nnc(N)n1N. The van der Waals surface area contributed by atoms with Crippen LogP contribution in [0, 0.1) is 0 Å². The van der Waals surface area contributed by atoms with Crippen molar-refractivity contribution in [2.45, 2.75) is 12.5 Å². The molecule has 1 aromatic rings. The number of hydrogen-bond acceptors (Lipinski definition) is 6. The summed E-state index contributed by atoms with van der Waals surface area (Å²) in [7, 11) is 0. The fourth-order valence-corrected chi connectivity index (χ4v) is 0.830. The van der Waals surface area contributed by atoms with Crippen LogP contribution in [0.25, 0.3) is 0 Å². The van der Waals surface area contributed by atoms with Crippen LogP contribution in [-0.2, 0) is 0 Å². The third kappa shape index (κ3) is 1.46. The van der Waals surface area contributed by atoms with Crippen molar-refractivity contribution < 1.29 is 5.11 Å². The van der Waals surface area contributed by atoms with Crippen molar-refractivity contribution in [3.8, 4) is 0 Å². The molecule has 1 heterocycles. The van der Waals surface area contributed by atoms with Crippen LogP contribution in [0.15, 0.2) is 0 Å². The van der Waals surface area contributed by atoms with E-state index >= 15 is 0 Å². The molecule has 1 rings (SSSR count). The maximum Gasteiger partial charge on any atom is 0.240 e. The van der Waals surface area contributed by atoms with E-state index in [1.807, 2.05) is 0 Å². The van der Waals surface area contributed by atoms with Crippen molar-refractivity contribution in [1.82, 2.24) is 14.9 Å². The summed E-state index contributed by atoms with van der Waals surface area (Å²) in [6.07, 6.45) is -0.417. The van der Waals surface area contributed by atoms with E-state index < -0.39 is 6.10 Å². The number of aromatic nitrogens is 3. The Morgan fingerprint density at radius 3 is 2.58 bits per heavy atom. The van der Waals surface area contributed by atoms with Gasteiger partial charge in [-0.05, 0) is 13.0 Å². The van der Waals surface area contributed by atoms with Gasteiger partial charge >= 0.3 is 0 Å². The second-order valence-electron chi connectivity index (χ2n) is 2.38. The first-order chi connectivity index (χ1) is 5.66. The van der Waals surface area contributed by atoms with E-state index in [2.05, 4.69) is 10.2 Å². The number of nitrogens with zero attached hydrogens (tertiary/aromatic N) is 3. The van der Waals surface area contributed by atoms with E-state index in [0.717, 1.165) is 4.68 Å². The van der Waals surface area contributed by atoms with Gasteiger partial charge in [0.15, 0.2) is 5.82 Å². The molecular weight excluding hydrogens is 160 g/mol. The molecule has 7 N–H and O–H groups in total. The van der Waals surface area contributed by atoms with Crippen molar-refractivity contribution in [1.29, 1.82) is 0 Å². The molecule has 7 heteroatoms. The fraction of sp³-hybridized carbons (Fsp3) is 0.600. The molecule has 0 amide bonds. The molecular formula is C5H12N6O. The van der Waals surface area contributed by atoms with Crippen LogP contribution >= 0.6 is 0 Å². The number of aliphatic hydroxyl groups excluding tert-OH is 1. The molecule has 0 saturated heterocycles. The van der Waals surface area contributed by atoms with Crippen LogP contribution < -0.4 is 17.3 Å². The maximum atomic E-state index is 9.38. The van der Waals surface area contributed by atoms with Crippen molar-refractivity contribution in [2.75, 3.05) is 18.1 Å². The summed E-state index contributed by atoms with van der Waals surface area (Å²) in [5, 5.41) is 16.5. The highest BCUT2D eigenvalue weighted by Gasteiger charge is 2.15. The van der Waals surface area contributed by atoms with Gasteiger partial charge in [0, 0.05) is 0 Å². The summed E-state index contributed by atoms with van der Waals surface area (Å²) in [5.41, 5.74) is 10.5. The van der Waals surface area contributed by atoms with E-state index in [1.165, 1.54) is 0 Å². The summed E-state index contributed by atoms with van der Waals surface area (Å²) >= 11 is 0. The Bertz CT molecular complexity index is 258. The summed E-state index contributed by atoms with van der Waals surface area (Å²) in [6, 6.07) is 0. The zero-order valence-electron chi connectivity index (χ0n) is 6.51. The molecule has 0 aliphatic heterocycles. The zero-order valence-corrected chi connectivity index (χ0v) is 6.51. The van der Waals surface area contributed by atoms with E-state index in [4.69, 9.17) is 17.3 Å². The number of hydrogen-bond donors (Lipinski definition) is 4. The van der Waals surface area contributed by atoms with Gasteiger partial charge in [-0.3, -0.25) is 0 Å². The van der Waals surface area contributed by atoms with E-state index in [0.29, 0.717) is 13.0 Å². The highest BCUT2D eigenvalue weighted by atomic mass is 16.3. The second kappa shape index (κ2) is 3.37. The van der Waals surface area contributed by atoms with E-state index in [9.17, 15) is 5.11 Å². The highest BCUT2D eigenvalue weighted by molar-refractivity contribution is 5.17. The molecule has 1 unspecified atom stereocenters. The van der Waals surface area contributed by atoms with Crippen molar-refractivity contribution in [3.05, 3.63) is 5.82 Å². The molecule has 1 aromatic heterocycles. The average molecular weight is 172 g/mol. The minimum atomic E-state index is -0.801. The molecule has 0 saturated carbocycles. The van der Waals surface area contributed by atoms with Gasteiger partial charge in [-0.15, -0.1) is 10.2 Å². The Morgan fingerprint density at radius 1 is 1.50 bits per heavy atom. The van der Waals surface area contributed by atoms with Gasteiger partial charge in [0.2, 0.25) is 5.95 Å². The molecule has 0 aliphatic carbocycles. The molecule has 0 fully saturated rings. The first-order valence-electron chi connectivity index (χ1n) is 3.50. The smallest absolute Gasteiger partial charge is 0.240 e. The normalized spacial score (nSPS) is 13.2. The zero-order chi connectivity index (χ0) is 9.14. The van der Waals surface area contributed by atoms with Crippen LogP contribution in [0.2, 0.25) is 0 Å². The number of rotatable bonds is 3. The Balaban J connectivity index is 2.80. The molecule has 0 aliphatic rings. The van der Waals surface area contributed by atoms with Crippen LogP contribution in [0.3, 0.4) is 0 Å². The Kier molecular flexibility index (Phi) is 2.46. The molecule has 0 radical (unpaired) electrons. The topological polar surface area (TPSA) is 129 Å².